The Kier molecular flexibility index (Phi) is 4.57. The summed E-state index contributed by atoms with van der Waals surface area (Å²) in [5.41, 5.74) is 9.35. The fourth-order valence-corrected chi connectivity index (χ4v) is 2.97. The maximum Gasteiger partial charge on any atom is 0.253 e. The summed E-state index contributed by atoms with van der Waals surface area (Å²) >= 11 is 1.36. The van der Waals surface area contributed by atoms with E-state index in [1.165, 1.54) is 11.3 Å². The Bertz CT molecular complexity index is 857. The zero-order chi connectivity index (χ0) is 17.1. The molecule has 0 saturated heterocycles. The lowest BCUT2D eigenvalue weighted by molar-refractivity contribution is 0.0802. The molecule has 0 radical (unpaired) electrons. The van der Waals surface area contributed by atoms with Gasteiger partial charge >= 0.3 is 0 Å². The maximum atomic E-state index is 12.3. The molecule has 0 aliphatic rings. The van der Waals surface area contributed by atoms with E-state index in [4.69, 9.17) is 5.73 Å². The second kappa shape index (κ2) is 6.80. The summed E-state index contributed by atoms with van der Waals surface area (Å²) in [6, 6.07) is 15.7. The minimum Gasteiger partial charge on any atom is -0.374 e. The number of hydrogen-bond acceptors (Lipinski definition) is 5. The van der Waals surface area contributed by atoms with E-state index in [2.05, 4.69) is 10.2 Å². The van der Waals surface area contributed by atoms with Crippen LogP contribution < -0.4 is 5.73 Å². The number of amides is 1. The van der Waals surface area contributed by atoms with Crippen molar-refractivity contribution in [3.8, 4) is 21.7 Å². The van der Waals surface area contributed by atoms with Crippen LogP contribution >= 0.6 is 11.3 Å². The van der Waals surface area contributed by atoms with Crippen LogP contribution in [0.15, 0.2) is 48.5 Å². The molecule has 2 aromatic carbocycles. The highest BCUT2D eigenvalue weighted by molar-refractivity contribution is 7.18. The molecule has 1 aromatic heterocycles. The summed E-state index contributed by atoms with van der Waals surface area (Å²) in [5, 5.41) is 9.14. The predicted octanol–water partition coefficient (Wildman–Crippen LogP) is 3.55. The van der Waals surface area contributed by atoms with Crippen molar-refractivity contribution in [1.29, 1.82) is 0 Å². The van der Waals surface area contributed by atoms with Gasteiger partial charge in [0.1, 0.15) is 5.01 Å². The summed E-state index contributed by atoms with van der Waals surface area (Å²) < 4.78 is 0. The van der Waals surface area contributed by atoms with Crippen LogP contribution in [0.25, 0.3) is 21.7 Å². The Balaban J connectivity index is 1.88. The SMILES string of the molecule is CCN(C)C(=O)c1cccc(-c2ccc(-c3nnc(N)s3)cc2)c1. The lowest BCUT2D eigenvalue weighted by Gasteiger charge is -2.15. The van der Waals surface area contributed by atoms with Crippen LogP contribution in [0.4, 0.5) is 5.13 Å². The summed E-state index contributed by atoms with van der Waals surface area (Å²) in [5.74, 6) is 0.0281. The first-order valence-corrected chi connectivity index (χ1v) is 8.45. The van der Waals surface area contributed by atoms with Crippen molar-refractivity contribution in [2.45, 2.75) is 6.92 Å². The van der Waals surface area contributed by atoms with Gasteiger partial charge in [-0.15, -0.1) is 10.2 Å². The minimum atomic E-state index is 0.0281. The molecule has 0 aliphatic carbocycles. The summed E-state index contributed by atoms with van der Waals surface area (Å²) in [6.45, 7) is 2.64. The van der Waals surface area contributed by atoms with Crippen molar-refractivity contribution >= 4 is 22.4 Å². The monoisotopic (exact) mass is 338 g/mol. The van der Waals surface area contributed by atoms with Crippen LogP contribution in [-0.4, -0.2) is 34.6 Å². The topological polar surface area (TPSA) is 72.1 Å². The van der Waals surface area contributed by atoms with E-state index in [-0.39, 0.29) is 5.91 Å². The van der Waals surface area contributed by atoms with Crippen LogP contribution in [0.3, 0.4) is 0 Å². The Morgan fingerprint density at radius 2 is 1.79 bits per heavy atom. The Labute approximate surface area is 144 Å². The molecular formula is C18H18N4OS. The number of aromatic nitrogens is 2. The number of anilines is 1. The molecule has 3 aromatic rings. The van der Waals surface area contributed by atoms with E-state index in [1.54, 1.807) is 11.9 Å². The van der Waals surface area contributed by atoms with Gasteiger partial charge in [-0.1, -0.05) is 47.7 Å². The number of hydrogen-bond donors (Lipinski definition) is 1. The number of nitrogen functional groups attached to an aromatic ring is 1. The second-order valence-corrected chi connectivity index (χ2v) is 6.43. The third-order valence-corrected chi connectivity index (χ3v) is 4.64. The van der Waals surface area contributed by atoms with Gasteiger partial charge < -0.3 is 10.6 Å². The lowest BCUT2D eigenvalue weighted by atomic mass is 10.0. The Hall–Kier alpha value is -2.73. The molecule has 1 amide bonds. The minimum absolute atomic E-state index is 0.0281. The molecule has 0 spiro atoms. The van der Waals surface area contributed by atoms with Gasteiger partial charge in [0, 0.05) is 24.7 Å². The van der Waals surface area contributed by atoms with Crippen LogP contribution in [0.1, 0.15) is 17.3 Å². The molecule has 0 atom stereocenters. The highest BCUT2D eigenvalue weighted by Crippen LogP contribution is 2.28. The van der Waals surface area contributed by atoms with Crippen LogP contribution in [-0.2, 0) is 0 Å². The number of nitrogens with two attached hydrogens (primary N) is 1. The zero-order valence-corrected chi connectivity index (χ0v) is 14.4. The highest BCUT2D eigenvalue weighted by Gasteiger charge is 2.11. The first-order valence-electron chi connectivity index (χ1n) is 7.64. The average Bonchev–Trinajstić information content (AvgIpc) is 3.07. The second-order valence-electron chi connectivity index (χ2n) is 5.42. The fraction of sp³-hybridized carbons (Fsp3) is 0.167. The van der Waals surface area contributed by atoms with Gasteiger partial charge in [-0.2, -0.15) is 0 Å². The standard InChI is InChI=1S/C18H18N4OS/c1-3-22(2)17(23)15-6-4-5-14(11-15)12-7-9-13(10-8-12)16-20-21-18(19)24-16/h4-11H,3H2,1-2H3,(H2,19,21). The number of nitrogens with zero attached hydrogens (tertiary/aromatic N) is 3. The van der Waals surface area contributed by atoms with Gasteiger partial charge in [0.25, 0.3) is 5.91 Å². The molecule has 1 heterocycles. The molecule has 0 bridgehead atoms. The van der Waals surface area contributed by atoms with Gasteiger partial charge in [0.2, 0.25) is 5.13 Å². The molecule has 3 rings (SSSR count). The third-order valence-electron chi connectivity index (χ3n) is 3.84. The van der Waals surface area contributed by atoms with Crippen molar-refractivity contribution in [3.63, 3.8) is 0 Å². The molecule has 5 nitrogen and oxygen atoms in total. The van der Waals surface area contributed by atoms with Crippen molar-refractivity contribution in [2.75, 3.05) is 19.3 Å². The first-order chi connectivity index (χ1) is 11.6. The molecule has 122 valence electrons. The van der Waals surface area contributed by atoms with Crippen molar-refractivity contribution in [1.82, 2.24) is 15.1 Å². The number of rotatable bonds is 4. The number of benzene rings is 2. The number of carbonyl (C=O) groups excluding carboxylic acids is 1. The summed E-state index contributed by atoms with van der Waals surface area (Å²) in [6.07, 6.45) is 0. The molecule has 0 saturated carbocycles. The number of carbonyl (C=O) groups is 1. The lowest BCUT2D eigenvalue weighted by Crippen LogP contribution is -2.26. The molecular weight excluding hydrogens is 320 g/mol. The average molecular weight is 338 g/mol. The molecule has 0 unspecified atom stereocenters. The van der Waals surface area contributed by atoms with E-state index < -0.39 is 0 Å². The molecule has 24 heavy (non-hydrogen) atoms. The van der Waals surface area contributed by atoms with E-state index in [0.29, 0.717) is 17.2 Å². The van der Waals surface area contributed by atoms with Gasteiger partial charge in [-0.25, -0.2) is 0 Å². The van der Waals surface area contributed by atoms with Crippen molar-refractivity contribution in [2.24, 2.45) is 0 Å². The van der Waals surface area contributed by atoms with Gasteiger partial charge in [-0.05, 0) is 30.2 Å². The van der Waals surface area contributed by atoms with Crippen LogP contribution in [0.5, 0.6) is 0 Å². The van der Waals surface area contributed by atoms with Crippen LogP contribution in [0, 0.1) is 0 Å². The Morgan fingerprint density at radius 3 is 2.42 bits per heavy atom. The van der Waals surface area contributed by atoms with E-state index in [1.807, 2.05) is 55.5 Å². The zero-order valence-electron chi connectivity index (χ0n) is 13.6. The van der Waals surface area contributed by atoms with Gasteiger partial charge in [-0.3, -0.25) is 4.79 Å². The van der Waals surface area contributed by atoms with E-state index in [0.717, 1.165) is 21.7 Å². The van der Waals surface area contributed by atoms with Crippen molar-refractivity contribution in [3.05, 3.63) is 54.1 Å². The van der Waals surface area contributed by atoms with Gasteiger partial charge in [0.15, 0.2) is 0 Å². The molecule has 6 heteroatoms. The largest absolute Gasteiger partial charge is 0.374 e. The first kappa shape index (κ1) is 16.1. The summed E-state index contributed by atoms with van der Waals surface area (Å²) in [4.78, 5) is 14.0. The fourth-order valence-electron chi connectivity index (χ4n) is 2.35. The van der Waals surface area contributed by atoms with E-state index >= 15 is 0 Å². The molecule has 0 fully saturated rings. The predicted molar refractivity (Wildman–Crippen MR) is 97.8 cm³/mol. The highest BCUT2D eigenvalue weighted by atomic mass is 32.1. The summed E-state index contributed by atoms with van der Waals surface area (Å²) in [7, 11) is 1.80. The third kappa shape index (κ3) is 3.28. The van der Waals surface area contributed by atoms with E-state index in [9.17, 15) is 4.79 Å². The quantitative estimate of drug-likeness (QED) is 0.789. The molecule has 2 N–H and O–H groups in total. The van der Waals surface area contributed by atoms with Crippen molar-refractivity contribution < 1.29 is 4.79 Å². The Morgan fingerprint density at radius 1 is 1.08 bits per heavy atom. The normalized spacial score (nSPS) is 10.6. The smallest absolute Gasteiger partial charge is 0.253 e. The maximum absolute atomic E-state index is 12.3. The van der Waals surface area contributed by atoms with Crippen LogP contribution in [0.2, 0.25) is 0 Å². The van der Waals surface area contributed by atoms with Gasteiger partial charge in [0.05, 0.1) is 0 Å². The molecule has 0 aliphatic heterocycles.